The molecule has 1 rings (SSSR count). The molecule has 0 radical (unpaired) electrons. The molecule has 102 valence electrons. The number of nitrogens with one attached hydrogen (secondary N) is 1. The molecular formula is C13H20FNO3. The van der Waals surface area contributed by atoms with Crippen molar-refractivity contribution in [2.75, 3.05) is 19.8 Å². The van der Waals surface area contributed by atoms with E-state index in [2.05, 4.69) is 12.2 Å². The van der Waals surface area contributed by atoms with Crippen LogP contribution in [-0.4, -0.2) is 36.1 Å². The van der Waals surface area contributed by atoms with Crippen LogP contribution in [0.2, 0.25) is 0 Å². The zero-order valence-corrected chi connectivity index (χ0v) is 10.5. The van der Waals surface area contributed by atoms with Gasteiger partial charge in [-0.15, -0.1) is 0 Å². The highest BCUT2D eigenvalue weighted by Crippen LogP contribution is 2.18. The lowest BCUT2D eigenvalue weighted by Gasteiger charge is -2.11. The van der Waals surface area contributed by atoms with E-state index in [1.165, 1.54) is 12.1 Å². The maximum atomic E-state index is 13.6. The predicted molar refractivity (Wildman–Crippen MR) is 67.0 cm³/mol. The van der Waals surface area contributed by atoms with Gasteiger partial charge in [0.2, 0.25) is 0 Å². The van der Waals surface area contributed by atoms with Gasteiger partial charge < -0.3 is 20.3 Å². The molecule has 1 unspecified atom stereocenters. The van der Waals surface area contributed by atoms with Gasteiger partial charge in [0.1, 0.15) is 12.7 Å². The van der Waals surface area contributed by atoms with Crippen molar-refractivity contribution in [3.8, 4) is 5.75 Å². The quantitative estimate of drug-likeness (QED) is 0.609. The number of hydrogen-bond donors (Lipinski definition) is 3. The van der Waals surface area contributed by atoms with E-state index in [9.17, 15) is 4.39 Å². The van der Waals surface area contributed by atoms with Crippen LogP contribution >= 0.6 is 0 Å². The van der Waals surface area contributed by atoms with E-state index in [4.69, 9.17) is 14.9 Å². The van der Waals surface area contributed by atoms with Gasteiger partial charge in [0, 0.05) is 6.54 Å². The molecule has 1 aromatic rings. The van der Waals surface area contributed by atoms with Crippen molar-refractivity contribution in [1.29, 1.82) is 0 Å². The van der Waals surface area contributed by atoms with Crippen molar-refractivity contribution in [3.05, 3.63) is 29.6 Å². The molecule has 0 saturated heterocycles. The van der Waals surface area contributed by atoms with Crippen LogP contribution in [0.3, 0.4) is 0 Å². The number of benzene rings is 1. The summed E-state index contributed by atoms with van der Waals surface area (Å²) in [5.74, 6) is -0.377. The Kier molecular flexibility index (Phi) is 6.64. The molecule has 0 heterocycles. The Bertz CT molecular complexity index is 360. The average molecular weight is 257 g/mol. The summed E-state index contributed by atoms with van der Waals surface area (Å²) < 4.78 is 18.7. The van der Waals surface area contributed by atoms with Crippen molar-refractivity contribution < 1.29 is 19.3 Å². The topological polar surface area (TPSA) is 61.7 Å². The van der Waals surface area contributed by atoms with Crippen LogP contribution in [0, 0.1) is 5.82 Å². The maximum Gasteiger partial charge on any atom is 0.165 e. The first kappa shape index (κ1) is 14.9. The van der Waals surface area contributed by atoms with Gasteiger partial charge in [0.15, 0.2) is 11.6 Å². The molecule has 4 nitrogen and oxygen atoms in total. The van der Waals surface area contributed by atoms with Crippen LogP contribution in [0.15, 0.2) is 18.2 Å². The molecule has 18 heavy (non-hydrogen) atoms. The zero-order chi connectivity index (χ0) is 13.4. The third-order valence-corrected chi connectivity index (χ3v) is 2.39. The predicted octanol–water partition coefficient (Wildman–Crippen LogP) is 1.06. The fraction of sp³-hybridized carbons (Fsp3) is 0.538. The van der Waals surface area contributed by atoms with Crippen LogP contribution in [-0.2, 0) is 6.54 Å². The molecule has 1 aromatic carbocycles. The highest BCUT2D eigenvalue weighted by Gasteiger charge is 2.08. The average Bonchev–Trinajstić information content (AvgIpc) is 2.37. The van der Waals surface area contributed by atoms with E-state index in [0.29, 0.717) is 6.54 Å². The normalized spacial score (nSPS) is 12.4. The molecule has 5 heteroatoms. The van der Waals surface area contributed by atoms with Crippen LogP contribution < -0.4 is 10.1 Å². The number of rotatable bonds is 8. The van der Waals surface area contributed by atoms with Crippen molar-refractivity contribution >= 4 is 0 Å². The zero-order valence-electron chi connectivity index (χ0n) is 10.5. The monoisotopic (exact) mass is 257 g/mol. The first-order valence-electron chi connectivity index (χ1n) is 6.08. The second kappa shape index (κ2) is 8.02. The van der Waals surface area contributed by atoms with Gasteiger partial charge >= 0.3 is 0 Å². The Labute approximate surface area is 106 Å². The summed E-state index contributed by atoms with van der Waals surface area (Å²) in [6, 6.07) is 4.71. The van der Waals surface area contributed by atoms with Crippen molar-refractivity contribution in [1.82, 2.24) is 5.32 Å². The molecule has 1 atom stereocenters. The van der Waals surface area contributed by atoms with Gasteiger partial charge in [-0.2, -0.15) is 0 Å². The van der Waals surface area contributed by atoms with Gasteiger partial charge in [-0.05, 0) is 30.7 Å². The molecule has 0 aromatic heterocycles. The molecule has 0 fully saturated rings. The van der Waals surface area contributed by atoms with Crippen molar-refractivity contribution in [3.63, 3.8) is 0 Å². The molecule has 0 spiro atoms. The van der Waals surface area contributed by atoms with Crippen LogP contribution in [0.1, 0.15) is 18.9 Å². The smallest absolute Gasteiger partial charge is 0.165 e. The van der Waals surface area contributed by atoms with E-state index in [0.717, 1.165) is 18.5 Å². The third kappa shape index (κ3) is 5.00. The minimum Gasteiger partial charge on any atom is -0.488 e. The summed E-state index contributed by atoms with van der Waals surface area (Å²) >= 11 is 0. The van der Waals surface area contributed by atoms with E-state index in [1.807, 2.05) is 0 Å². The Morgan fingerprint density at radius 2 is 2.22 bits per heavy atom. The summed E-state index contributed by atoms with van der Waals surface area (Å²) in [5, 5.41) is 20.9. The van der Waals surface area contributed by atoms with Gasteiger partial charge in [0.25, 0.3) is 0 Å². The number of halogens is 1. The van der Waals surface area contributed by atoms with Gasteiger partial charge in [0.05, 0.1) is 6.61 Å². The van der Waals surface area contributed by atoms with E-state index in [-0.39, 0.29) is 12.4 Å². The lowest BCUT2D eigenvalue weighted by Crippen LogP contribution is -2.21. The molecule has 0 saturated carbocycles. The standard InChI is InChI=1S/C13H20FNO3/c1-2-5-15-7-10-3-4-13(12(14)6-10)18-9-11(17)8-16/h3-4,6,11,15-17H,2,5,7-9H2,1H3. The van der Waals surface area contributed by atoms with E-state index < -0.39 is 18.5 Å². The summed E-state index contributed by atoms with van der Waals surface area (Å²) in [6.07, 6.45) is 0.0400. The van der Waals surface area contributed by atoms with Crippen LogP contribution in [0.4, 0.5) is 4.39 Å². The third-order valence-electron chi connectivity index (χ3n) is 2.39. The van der Waals surface area contributed by atoms with Gasteiger partial charge in [-0.25, -0.2) is 4.39 Å². The highest BCUT2D eigenvalue weighted by atomic mass is 19.1. The molecule has 0 aliphatic heterocycles. The minimum atomic E-state index is -0.990. The summed E-state index contributed by atoms with van der Waals surface area (Å²) in [6.45, 7) is 3.05. The largest absolute Gasteiger partial charge is 0.488 e. The lowest BCUT2D eigenvalue weighted by molar-refractivity contribution is 0.0523. The molecule has 0 aliphatic rings. The molecule has 0 amide bonds. The number of ether oxygens (including phenoxy) is 1. The number of hydrogen-bond acceptors (Lipinski definition) is 4. The van der Waals surface area contributed by atoms with E-state index >= 15 is 0 Å². The minimum absolute atomic E-state index is 0.0849. The number of aliphatic hydroxyl groups excluding tert-OH is 2. The summed E-state index contributed by atoms with van der Waals surface area (Å²) in [5.41, 5.74) is 0.844. The summed E-state index contributed by atoms with van der Waals surface area (Å²) in [4.78, 5) is 0. The van der Waals surface area contributed by atoms with E-state index in [1.54, 1.807) is 6.07 Å². The first-order valence-corrected chi connectivity index (χ1v) is 6.08. The SMILES string of the molecule is CCCNCc1ccc(OCC(O)CO)c(F)c1. The molecular weight excluding hydrogens is 237 g/mol. The second-order valence-corrected chi connectivity index (χ2v) is 4.09. The Balaban J connectivity index is 2.51. The fourth-order valence-electron chi connectivity index (χ4n) is 1.42. The molecule has 0 bridgehead atoms. The highest BCUT2D eigenvalue weighted by molar-refractivity contribution is 5.29. The Morgan fingerprint density at radius 3 is 2.83 bits per heavy atom. The van der Waals surface area contributed by atoms with Gasteiger partial charge in [-0.1, -0.05) is 13.0 Å². The van der Waals surface area contributed by atoms with Crippen molar-refractivity contribution in [2.24, 2.45) is 0 Å². The Morgan fingerprint density at radius 1 is 1.44 bits per heavy atom. The van der Waals surface area contributed by atoms with Crippen LogP contribution in [0.5, 0.6) is 5.75 Å². The first-order chi connectivity index (χ1) is 8.67. The maximum absolute atomic E-state index is 13.6. The van der Waals surface area contributed by atoms with Crippen LogP contribution in [0.25, 0.3) is 0 Å². The molecule has 3 N–H and O–H groups in total. The lowest BCUT2D eigenvalue weighted by atomic mass is 10.2. The second-order valence-electron chi connectivity index (χ2n) is 4.09. The fourth-order valence-corrected chi connectivity index (χ4v) is 1.42. The number of aliphatic hydroxyl groups is 2. The Hall–Kier alpha value is -1.17. The van der Waals surface area contributed by atoms with Crippen molar-refractivity contribution in [2.45, 2.75) is 26.0 Å². The molecule has 0 aliphatic carbocycles. The van der Waals surface area contributed by atoms with Gasteiger partial charge in [-0.3, -0.25) is 0 Å². The summed E-state index contributed by atoms with van der Waals surface area (Å²) in [7, 11) is 0.